The molecule has 834 valence electrons. The second-order valence-electron chi connectivity index (χ2n) is 35.4. The van der Waals surface area contributed by atoms with Crippen LogP contribution in [0.5, 0.6) is 0 Å². The maximum absolute atomic E-state index is 14.7. The van der Waals surface area contributed by atoms with Gasteiger partial charge in [0.15, 0.2) is 5.96 Å². The zero-order chi connectivity index (χ0) is 112. The molecule has 2 aromatic rings. The lowest BCUT2D eigenvalue weighted by Crippen LogP contribution is -2.62. The fraction of sp³-hybridized carbons (Fsp3) is 0.620. The normalized spacial score (nSPS) is 14.9. The highest BCUT2D eigenvalue weighted by Crippen LogP contribution is 2.16. The summed E-state index contributed by atoms with van der Waals surface area (Å²) < 4.78 is 0. The molecule has 2 rings (SSSR count). The fourth-order valence-electron chi connectivity index (χ4n) is 14.2. The molecule has 0 unspecified atom stereocenters. The van der Waals surface area contributed by atoms with Gasteiger partial charge in [0.05, 0.1) is 58.1 Å². The van der Waals surface area contributed by atoms with E-state index < -0.39 is 316 Å². The molecule has 149 heavy (non-hydrogen) atoms. The smallest absolute Gasteiger partial charge is 0.328 e. The van der Waals surface area contributed by atoms with Crippen molar-refractivity contribution in [3.8, 4) is 0 Å². The Morgan fingerprint density at radius 3 is 1.08 bits per heavy atom. The zero-order valence-corrected chi connectivity index (χ0v) is 85.5. The molecule has 0 saturated heterocycles. The number of hydrogen-bond donors (Lipinski definition) is 34. The molecule has 0 heterocycles. The number of rotatable bonds is 75. The summed E-state index contributed by atoms with van der Waals surface area (Å²) in [6.45, 7) is 2.81. The van der Waals surface area contributed by atoms with Crippen molar-refractivity contribution in [1.29, 1.82) is 5.41 Å². The van der Waals surface area contributed by atoms with Crippen molar-refractivity contribution < 1.29 is 136 Å². The number of carboxylic acid groups (broad SMARTS) is 1. The van der Waals surface area contributed by atoms with Crippen molar-refractivity contribution in [3.63, 3.8) is 0 Å². The van der Waals surface area contributed by atoms with Crippen molar-refractivity contribution >= 4 is 148 Å². The highest BCUT2D eigenvalue weighted by molar-refractivity contribution is 7.98. The maximum Gasteiger partial charge on any atom is 0.328 e. The number of aliphatic hydroxyl groups is 5. The molecule has 0 aliphatic carbocycles. The molecule has 0 aliphatic rings. The molecule has 56 nitrogen and oxygen atoms in total. The van der Waals surface area contributed by atoms with E-state index in [0.717, 1.165) is 13.8 Å². The molecule has 0 aromatic heterocycles. The first-order valence-electron chi connectivity index (χ1n) is 48.7. The third kappa shape index (κ3) is 51.5. The zero-order valence-electron chi connectivity index (χ0n) is 84.6. The van der Waals surface area contributed by atoms with E-state index in [1.807, 2.05) is 0 Å². The van der Waals surface area contributed by atoms with E-state index >= 15 is 0 Å². The summed E-state index contributed by atoms with van der Waals surface area (Å²) in [4.78, 5) is 300. The van der Waals surface area contributed by atoms with E-state index in [1.54, 1.807) is 73.8 Å². The molecule has 19 atom stereocenters. The van der Waals surface area contributed by atoms with Gasteiger partial charge in [0.25, 0.3) is 0 Å². The molecule has 0 aliphatic heterocycles. The predicted molar refractivity (Wildman–Crippen MR) is 539 cm³/mol. The van der Waals surface area contributed by atoms with Gasteiger partial charge < -0.3 is 177 Å². The molecular formula is C92H152N28O28S. The number of carbonyl (C=O) groups excluding carboxylic acids is 21. The topological polar surface area (TPSA) is 944 Å². The van der Waals surface area contributed by atoms with Crippen LogP contribution in [-0.4, -0.2) is 359 Å². The first-order chi connectivity index (χ1) is 70.5. The number of guanidine groups is 1. The quantitative estimate of drug-likeness (QED) is 0.0166. The molecule has 21 amide bonds. The largest absolute Gasteiger partial charge is 0.480 e. The molecule has 2 aromatic carbocycles. The summed E-state index contributed by atoms with van der Waals surface area (Å²) in [5.41, 5.74) is 40.3. The van der Waals surface area contributed by atoms with Gasteiger partial charge >= 0.3 is 5.97 Å². The summed E-state index contributed by atoms with van der Waals surface area (Å²) in [7, 11) is 0. The van der Waals surface area contributed by atoms with E-state index in [2.05, 4.69) is 106 Å². The lowest BCUT2D eigenvalue weighted by atomic mass is 10.0. The number of amides is 21. The Hall–Kier alpha value is -14.0. The summed E-state index contributed by atoms with van der Waals surface area (Å²) in [5, 5.41) is 116. The van der Waals surface area contributed by atoms with Crippen LogP contribution in [0.25, 0.3) is 0 Å². The van der Waals surface area contributed by atoms with Crippen molar-refractivity contribution in [2.45, 2.75) is 278 Å². The molecular weight excluding hydrogens is 1980 g/mol. The number of carbonyl (C=O) groups is 22. The third-order valence-electron chi connectivity index (χ3n) is 22.6. The molecule has 57 heteroatoms. The van der Waals surface area contributed by atoms with Crippen molar-refractivity contribution in [3.05, 3.63) is 71.8 Å². The van der Waals surface area contributed by atoms with Crippen LogP contribution in [0.1, 0.15) is 162 Å². The number of aliphatic carboxylic acids is 1. The number of unbranched alkanes of at least 4 members (excludes halogenated alkanes) is 3. The number of hydrogen-bond acceptors (Lipinski definition) is 33. The molecule has 41 N–H and O–H groups in total. The van der Waals surface area contributed by atoms with Gasteiger partial charge in [0, 0.05) is 25.8 Å². The van der Waals surface area contributed by atoms with Gasteiger partial charge in [-0.3, -0.25) is 106 Å². The van der Waals surface area contributed by atoms with Crippen molar-refractivity contribution in [2.75, 3.05) is 77.6 Å². The number of primary amides is 2. The Morgan fingerprint density at radius 2 is 0.685 bits per heavy atom. The lowest BCUT2D eigenvalue weighted by Gasteiger charge is -2.29. The van der Waals surface area contributed by atoms with Gasteiger partial charge in [-0.25, -0.2) is 4.79 Å². The number of thioether (sulfide) groups is 1. The van der Waals surface area contributed by atoms with E-state index in [4.69, 9.17) is 45.5 Å². The number of benzene rings is 2. The molecule has 0 spiro atoms. The van der Waals surface area contributed by atoms with Crippen LogP contribution in [0.15, 0.2) is 60.7 Å². The predicted octanol–water partition coefficient (Wildman–Crippen LogP) is -13.3. The Kier molecular flexibility index (Phi) is 63.0. The first-order valence-corrected chi connectivity index (χ1v) is 50.1. The van der Waals surface area contributed by atoms with Crippen molar-refractivity contribution in [1.82, 2.24) is 106 Å². The van der Waals surface area contributed by atoms with E-state index in [-0.39, 0.29) is 115 Å². The second kappa shape index (κ2) is 71.6. The van der Waals surface area contributed by atoms with E-state index in [1.165, 1.54) is 32.5 Å². The van der Waals surface area contributed by atoms with Crippen LogP contribution in [-0.2, 0) is 118 Å². The monoisotopic (exact) mass is 2130 g/mol. The minimum atomic E-state index is -2.01. The average Bonchev–Trinajstić information content (AvgIpc) is 0.840. The maximum atomic E-state index is 14.7. The Labute approximate surface area is 865 Å². The summed E-state index contributed by atoms with van der Waals surface area (Å²) in [6.07, 6.45) is -3.15. The van der Waals surface area contributed by atoms with Gasteiger partial charge in [0.1, 0.15) is 103 Å². The van der Waals surface area contributed by atoms with Gasteiger partial charge in [-0.2, -0.15) is 11.8 Å². The third-order valence-corrected chi connectivity index (χ3v) is 23.2. The van der Waals surface area contributed by atoms with Crippen LogP contribution < -0.4 is 146 Å². The fourth-order valence-corrected chi connectivity index (χ4v) is 14.7. The number of carboxylic acids is 1. The molecule has 0 radical (unpaired) electrons. The van der Waals surface area contributed by atoms with Gasteiger partial charge in [0.2, 0.25) is 124 Å². The Bertz CT molecular complexity index is 4730. The van der Waals surface area contributed by atoms with Crippen molar-refractivity contribution in [2.24, 2.45) is 46.1 Å². The Balaban J connectivity index is 2.35. The molecule has 0 bridgehead atoms. The van der Waals surface area contributed by atoms with Crippen LogP contribution >= 0.6 is 11.8 Å². The molecule has 0 fully saturated rings. The van der Waals surface area contributed by atoms with Gasteiger partial charge in [-0.05, 0) is 159 Å². The molecule has 0 saturated carbocycles. The summed E-state index contributed by atoms with van der Waals surface area (Å²) in [6, 6.07) is -11.0. The minimum absolute atomic E-state index is 0.00284. The summed E-state index contributed by atoms with van der Waals surface area (Å²) in [5.74, 6) is -24.5. The second-order valence-corrected chi connectivity index (χ2v) is 36.4. The number of nitrogens with one attached hydrogen (secondary N) is 21. The van der Waals surface area contributed by atoms with Crippen LogP contribution in [0.4, 0.5) is 0 Å². The van der Waals surface area contributed by atoms with Crippen LogP contribution in [0, 0.1) is 11.3 Å². The highest BCUT2D eigenvalue weighted by Gasteiger charge is 2.40. The Morgan fingerprint density at radius 1 is 0.342 bits per heavy atom. The number of nitrogens with two attached hydrogens (primary N) is 7. The SMILES string of the molecule is CCC[C@H](NC(=O)[C@H](Cc1ccccc1)NC(=O)[C@@H](N)CO)C(=O)N[C@@H](CC(N)=O)C(=O)NCC(=O)N[C@H](C(=O)NCC(=O)N[C@H](C(=O)NCC(=O)N[C@@H](CCSC)C(=O)N[C@@H](CCCCN)C(=O)N[C@@H](CCCCN)C(=O)N[C@H](C(=O)N[C@@H](CO)C(=O)N[C@@H](Cc1ccccc1)C(=O)N[C@@H](CCC(N)=O)C(=O)N[C@@H](CCCNC(=N)N)C(=O)N[C@@H](C)C(=O)N[C@@H](CCCCN)C(=O)N[C@@H](CO)C(=O)O)[C@@H](C)O)[C@@H](C)O)C(C)C. The minimum Gasteiger partial charge on any atom is -0.480 e. The standard InChI is InChI=1S/C92H152N28O28S/c1-8-22-55(108-85(141)62(113-76(132)54(96)45-121)39-52-23-11-9-12-24-52)79(135)115-64(41-68(98)127)77(133)102-43-70(129)118-72(48(2)3)88(144)103-44-71(130)119-73(50(5)124)89(145)104-42-69(128)106-61(33-38-149-7)83(139)109-57(28-16-19-35-94)80(136)110-58(29-17-20-36-95)84(140)120-74(51(6)125)90(146)116-65(46-122)87(143)114-63(40-53-25-13-10-14-26-53)86(142)112-60(31-32-67(97)126)82(138)111-59(30-21-37-101-92(99)100)78(134)105-49(4)75(131)107-56(27-15-18-34-93)81(137)117-66(47-123)91(147)148/h9-14,23-26,48-51,54-66,72-74,121-125H,8,15-22,27-47,93-96H2,1-7H3,(H2,97,126)(H2,98,127)(H,102,133)(H,103,144)(H,104,145)(H,105,134)(H,106,128)(H,107,131)(H,108,141)(H,109,139)(H,110,136)(H,111,138)(H,112,142)(H,113,132)(H,114,143)(H,115,135)(H,116,146)(H,117,137)(H,118,129)(H,119,130)(H,120,140)(H,147,148)(H4,99,100,101)/t49-,50+,51+,54-,55-,56-,57-,58-,59-,60-,61-,62-,63-,64-,65-,66-,72-,73-,74-/m0/s1. The van der Waals surface area contributed by atoms with Gasteiger partial charge in [-0.15, -0.1) is 0 Å². The lowest BCUT2D eigenvalue weighted by molar-refractivity contribution is -0.143. The van der Waals surface area contributed by atoms with E-state index in [0.29, 0.717) is 30.4 Å². The summed E-state index contributed by atoms with van der Waals surface area (Å²) >= 11 is 1.25. The van der Waals surface area contributed by atoms with E-state index in [9.17, 15) is 136 Å². The number of aliphatic hydroxyl groups excluding tert-OH is 5. The first kappa shape index (κ1) is 131. The van der Waals surface area contributed by atoms with Crippen LogP contribution in [0.3, 0.4) is 0 Å². The highest BCUT2D eigenvalue weighted by atomic mass is 32.2. The van der Waals surface area contributed by atoms with Gasteiger partial charge in [-0.1, -0.05) is 87.9 Å². The average molecular weight is 2130 g/mol. The van der Waals surface area contributed by atoms with Crippen LogP contribution in [0.2, 0.25) is 0 Å².